The monoisotopic (exact) mass is 313 g/mol. The second-order valence-electron chi connectivity index (χ2n) is 5.94. The van der Waals surface area contributed by atoms with Gasteiger partial charge in [0.25, 0.3) is 0 Å². The summed E-state index contributed by atoms with van der Waals surface area (Å²) in [4.78, 5) is 23.0. The van der Waals surface area contributed by atoms with Gasteiger partial charge in [-0.15, -0.1) is 0 Å². The maximum absolute atomic E-state index is 12.5. The number of hydrogen-bond donors (Lipinski definition) is 2. The second-order valence-corrected chi connectivity index (χ2v) is 5.94. The Kier molecular flexibility index (Phi) is 3.19. The fourth-order valence-corrected chi connectivity index (χ4v) is 2.62. The van der Waals surface area contributed by atoms with Crippen LogP contribution in [0.15, 0.2) is 24.3 Å². The van der Waals surface area contributed by atoms with Crippen molar-refractivity contribution in [2.24, 2.45) is 5.92 Å². The summed E-state index contributed by atoms with van der Waals surface area (Å²) >= 11 is 0. The maximum atomic E-state index is 12.5. The molecule has 0 saturated heterocycles. The van der Waals surface area contributed by atoms with Crippen LogP contribution in [0.2, 0.25) is 0 Å². The smallest absolute Gasteiger partial charge is 0.416 e. The standard InChI is InChI=1S/C15H14F3NO3/c16-15(17,18)9-3-1-8(2-4-9)10-7-11(10)12(20)19-14(5-6-14)13(21)22/h1-4,10-11H,5-7H2,(H,19,20)(H,21,22). The molecule has 118 valence electrons. The van der Waals surface area contributed by atoms with Gasteiger partial charge in [-0.3, -0.25) is 4.79 Å². The van der Waals surface area contributed by atoms with Gasteiger partial charge in [-0.05, 0) is 42.9 Å². The third-order valence-electron chi connectivity index (χ3n) is 4.32. The lowest BCUT2D eigenvalue weighted by atomic mass is 10.1. The Labute approximate surface area is 124 Å². The van der Waals surface area contributed by atoms with Crippen molar-refractivity contribution in [3.05, 3.63) is 35.4 Å². The van der Waals surface area contributed by atoms with Crippen molar-refractivity contribution in [3.63, 3.8) is 0 Å². The molecule has 2 atom stereocenters. The van der Waals surface area contributed by atoms with Crippen LogP contribution in [-0.4, -0.2) is 22.5 Å². The minimum Gasteiger partial charge on any atom is -0.480 e. The first-order valence-electron chi connectivity index (χ1n) is 6.95. The minimum atomic E-state index is -4.38. The van der Waals surface area contributed by atoms with E-state index in [1.807, 2.05) is 0 Å². The van der Waals surface area contributed by atoms with Crippen LogP contribution < -0.4 is 5.32 Å². The van der Waals surface area contributed by atoms with Gasteiger partial charge in [0.2, 0.25) is 5.91 Å². The molecule has 2 fully saturated rings. The van der Waals surface area contributed by atoms with Crippen molar-refractivity contribution < 1.29 is 27.9 Å². The molecule has 22 heavy (non-hydrogen) atoms. The average Bonchev–Trinajstić information content (AvgIpc) is 3.32. The Morgan fingerprint density at radius 2 is 1.77 bits per heavy atom. The fraction of sp³-hybridized carbons (Fsp3) is 0.467. The molecule has 0 radical (unpaired) electrons. The van der Waals surface area contributed by atoms with Crippen LogP contribution in [0.5, 0.6) is 0 Å². The van der Waals surface area contributed by atoms with Crippen LogP contribution in [-0.2, 0) is 15.8 Å². The van der Waals surface area contributed by atoms with E-state index in [1.165, 1.54) is 12.1 Å². The highest BCUT2D eigenvalue weighted by Gasteiger charge is 2.54. The lowest BCUT2D eigenvalue weighted by Gasteiger charge is -2.12. The Morgan fingerprint density at radius 3 is 2.23 bits per heavy atom. The van der Waals surface area contributed by atoms with E-state index in [2.05, 4.69) is 5.32 Å². The molecule has 2 aliphatic rings. The van der Waals surface area contributed by atoms with E-state index in [0.29, 0.717) is 24.8 Å². The highest BCUT2D eigenvalue weighted by atomic mass is 19.4. The molecule has 0 bridgehead atoms. The SMILES string of the molecule is O=C(NC1(C(=O)O)CC1)C1CC1c1ccc(C(F)(F)F)cc1. The van der Waals surface area contributed by atoms with Gasteiger partial charge < -0.3 is 10.4 Å². The van der Waals surface area contributed by atoms with Crippen molar-refractivity contribution >= 4 is 11.9 Å². The number of carbonyl (C=O) groups excluding carboxylic acids is 1. The predicted molar refractivity (Wildman–Crippen MR) is 70.0 cm³/mol. The topological polar surface area (TPSA) is 66.4 Å². The highest BCUT2D eigenvalue weighted by molar-refractivity contribution is 5.92. The molecule has 0 spiro atoms. The molecule has 3 rings (SSSR count). The molecule has 1 aromatic rings. The van der Waals surface area contributed by atoms with Crippen molar-refractivity contribution in [2.45, 2.75) is 36.9 Å². The lowest BCUT2D eigenvalue weighted by Crippen LogP contribution is -2.43. The van der Waals surface area contributed by atoms with Gasteiger partial charge >= 0.3 is 12.1 Å². The summed E-state index contributed by atoms with van der Waals surface area (Å²) in [5.41, 5.74) is -1.17. The molecule has 4 nitrogen and oxygen atoms in total. The highest BCUT2D eigenvalue weighted by Crippen LogP contribution is 2.49. The number of hydrogen-bond acceptors (Lipinski definition) is 2. The Bertz CT molecular complexity index is 620. The van der Waals surface area contributed by atoms with E-state index in [1.54, 1.807) is 0 Å². The molecule has 1 aromatic carbocycles. The largest absolute Gasteiger partial charge is 0.480 e. The molecule has 2 unspecified atom stereocenters. The van der Waals surface area contributed by atoms with E-state index < -0.39 is 23.2 Å². The Hall–Kier alpha value is -2.05. The average molecular weight is 313 g/mol. The number of carbonyl (C=O) groups is 2. The van der Waals surface area contributed by atoms with Gasteiger partial charge in [0.15, 0.2) is 0 Å². The summed E-state index contributed by atoms with van der Waals surface area (Å²) in [5, 5.41) is 11.6. The lowest BCUT2D eigenvalue weighted by molar-refractivity contribution is -0.143. The number of halogens is 3. The number of benzene rings is 1. The molecule has 1 amide bonds. The van der Waals surface area contributed by atoms with E-state index in [-0.39, 0.29) is 17.7 Å². The molecule has 2 N–H and O–H groups in total. The zero-order chi connectivity index (χ0) is 16.1. The first-order chi connectivity index (χ1) is 10.2. The van der Waals surface area contributed by atoms with Crippen molar-refractivity contribution in [1.82, 2.24) is 5.32 Å². The first kappa shape index (κ1) is 14.9. The molecule has 2 aliphatic carbocycles. The summed E-state index contributed by atoms with van der Waals surface area (Å²) in [7, 11) is 0. The van der Waals surface area contributed by atoms with Gasteiger partial charge in [0.05, 0.1) is 5.56 Å². The van der Waals surface area contributed by atoms with Crippen LogP contribution in [0.3, 0.4) is 0 Å². The summed E-state index contributed by atoms with van der Waals surface area (Å²) < 4.78 is 37.5. The third-order valence-corrected chi connectivity index (χ3v) is 4.32. The normalized spacial score (nSPS) is 25.4. The maximum Gasteiger partial charge on any atom is 0.416 e. The van der Waals surface area contributed by atoms with Crippen molar-refractivity contribution in [2.75, 3.05) is 0 Å². The van der Waals surface area contributed by atoms with E-state index in [0.717, 1.165) is 12.1 Å². The quantitative estimate of drug-likeness (QED) is 0.898. The van der Waals surface area contributed by atoms with E-state index in [9.17, 15) is 22.8 Å². The van der Waals surface area contributed by atoms with E-state index in [4.69, 9.17) is 5.11 Å². The summed E-state index contributed by atoms with van der Waals surface area (Å²) in [6.07, 6.45) is -3.00. The fourth-order valence-electron chi connectivity index (χ4n) is 2.62. The number of carboxylic acid groups (broad SMARTS) is 1. The van der Waals surface area contributed by atoms with Gasteiger partial charge in [0.1, 0.15) is 5.54 Å². The summed E-state index contributed by atoms with van der Waals surface area (Å²) in [5.74, 6) is -1.85. The molecular formula is C15H14F3NO3. The van der Waals surface area contributed by atoms with Crippen LogP contribution in [0.25, 0.3) is 0 Å². The van der Waals surface area contributed by atoms with Gasteiger partial charge in [-0.25, -0.2) is 4.79 Å². The number of amides is 1. The number of rotatable bonds is 4. The number of alkyl halides is 3. The summed E-state index contributed by atoms with van der Waals surface area (Å²) in [6.45, 7) is 0. The number of carboxylic acids is 1. The number of aliphatic carboxylic acids is 1. The summed E-state index contributed by atoms with van der Waals surface area (Å²) in [6, 6.07) is 4.76. The predicted octanol–water partition coefficient (Wildman–Crippen LogP) is 2.54. The van der Waals surface area contributed by atoms with E-state index >= 15 is 0 Å². The number of nitrogens with one attached hydrogen (secondary N) is 1. The Morgan fingerprint density at radius 1 is 1.18 bits per heavy atom. The van der Waals surface area contributed by atoms with Crippen molar-refractivity contribution in [1.29, 1.82) is 0 Å². The minimum absolute atomic E-state index is 0.133. The zero-order valence-corrected chi connectivity index (χ0v) is 11.5. The molecular weight excluding hydrogens is 299 g/mol. The molecule has 0 aliphatic heterocycles. The molecule has 2 saturated carbocycles. The first-order valence-corrected chi connectivity index (χ1v) is 6.95. The molecule has 7 heteroatoms. The van der Waals surface area contributed by atoms with Crippen molar-refractivity contribution in [3.8, 4) is 0 Å². The zero-order valence-electron chi connectivity index (χ0n) is 11.5. The molecule has 0 aromatic heterocycles. The van der Waals surface area contributed by atoms with Gasteiger partial charge in [-0.2, -0.15) is 13.2 Å². The second kappa shape index (κ2) is 4.72. The van der Waals surface area contributed by atoms with Gasteiger partial charge in [-0.1, -0.05) is 12.1 Å². The Balaban J connectivity index is 1.62. The van der Waals surface area contributed by atoms with Crippen LogP contribution in [0.4, 0.5) is 13.2 Å². The van der Waals surface area contributed by atoms with Crippen LogP contribution >= 0.6 is 0 Å². The van der Waals surface area contributed by atoms with Gasteiger partial charge in [0, 0.05) is 5.92 Å². The third kappa shape index (κ3) is 2.67. The molecule has 0 heterocycles. The van der Waals surface area contributed by atoms with Crippen LogP contribution in [0.1, 0.15) is 36.3 Å². The van der Waals surface area contributed by atoms with Crippen LogP contribution in [0, 0.1) is 5.92 Å².